The average molecular weight is 353 g/mol. The Kier molecular flexibility index (Phi) is 7.21. The van der Waals surface area contributed by atoms with Crippen molar-refractivity contribution in [1.29, 1.82) is 0 Å². The summed E-state index contributed by atoms with van der Waals surface area (Å²) in [6.45, 7) is 8.81. The molecule has 5 nitrogen and oxygen atoms in total. The first kappa shape index (κ1) is 19.5. The van der Waals surface area contributed by atoms with Crippen molar-refractivity contribution >= 4 is 23.2 Å². The van der Waals surface area contributed by atoms with Crippen molar-refractivity contribution in [3.63, 3.8) is 0 Å². The van der Waals surface area contributed by atoms with Gasteiger partial charge in [0.05, 0.1) is 0 Å². The van der Waals surface area contributed by atoms with Gasteiger partial charge in [0.1, 0.15) is 0 Å². The van der Waals surface area contributed by atoms with Gasteiger partial charge in [-0.05, 0) is 50.6 Å². The van der Waals surface area contributed by atoms with E-state index >= 15 is 0 Å². The zero-order valence-electron chi connectivity index (χ0n) is 15.7. The number of carbonyl (C=O) groups is 2. The topological polar surface area (TPSA) is 52.7 Å². The first-order valence-corrected chi connectivity index (χ1v) is 9.08. The van der Waals surface area contributed by atoms with Crippen molar-refractivity contribution in [1.82, 2.24) is 4.90 Å². The smallest absolute Gasteiger partial charge is 0.313 e. The molecule has 0 saturated carbocycles. The van der Waals surface area contributed by atoms with Gasteiger partial charge in [-0.25, -0.2) is 0 Å². The van der Waals surface area contributed by atoms with Crippen LogP contribution in [0.25, 0.3) is 0 Å². The van der Waals surface area contributed by atoms with Crippen LogP contribution in [-0.2, 0) is 16.1 Å². The van der Waals surface area contributed by atoms with E-state index in [1.165, 1.54) is 4.90 Å². The highest BCUT2D eigenvalue weighted by molar-refractivity contribution is 6.39. The third-order valence-corrected chi connectivity index (χ3v) is 4.33. The summed E-state index contributed by atoms with van der Waals surface area (Å²) in [6.07, 6.45) is 0. The van der Waals surface area contributed by atoms with Gasteiger partial charge in [0, 0.05) is 37.6 Å². The maximum atomic E-state index is 12.5. The first-order chi connectivity index (χ1) is 12.6. The molecule has 0 radical (unpaired) electrons. The number of rotatable bonds is 7. The Morgan fingerprint density at radius 1 is 0.846 bits per heavy atom. The van der Waals surface area contributed by atoms with Gasteiger partial charge >= 0.3 is 11.8 Å². The normalized spacial score (nSPS) is 10.3. The van der Waals surface area contributed by atoms with E-state index in [4.69, 9.17) is 0 Å². The number of carbonyl (C=O) groups excluding carboxylic acids is 2. The van der Waals surface area contributed by atoms with E-state index in [0.717, 1.165) is 24.3 Å². The van der Waals surface area contributed by atoms with E-state index in [9.17, 15) is 9.59 Å². The Morgan fingerprint density at radius 2 is 1.46 bits per heavy atom. The van der Waals surface area contributed by atoms with E-state index in [1.54, 1.807) is 0 Å². The standard InChI is InChI=1S/C21H27N3O2/c1-4-23(5-2)19-14-12-18(13-15-19)22-20(25)21(26)24(6-3)16-17-10-8-7-9-11-17/h7-15H,4-6,16H2,1-3H3,(H,22,25). The Bertz CT molecular complexity index is 710. The predicted octanol–water partition coefficient (Wildman–Crippen LogP) is 3.52. The van der Waals surface area contributed by atoms with E-state index in [0.29, 0.717) is 18.8 Å². The Balaban J connectivity index is 2.00. The summed E-state index contributed by atoms with van der Waals surface area (Å²) < 4.78 is 0. The van der Waals surface area contributed by atoms with E-state index in [-0.39, 0.29) is 0 Å². The summed E-state index contributed by atoms with van der Waals surface area (Å²) in [5.41, 5.74) is 2.72. The van der Waals surface area contributed by atoms with Gasteiger partial charge in [-0.2, -0.15) is 0 Å². The van der Waals surface area contributed by atoms with Crippen LogP contribution >= 0.6 is 0 Å². The molecule has 2 aromatic carbocycles. The lowest BCUT2D eigenvalue weighted by atomic mass is 10.2. The molecular weight excluding hydrogens is 326 g/mol. The van der Waals surface area contributed by atoms with E-state index in [2.05, 4.69) is 24.1 Å². The highest BCUT2D eigenvalue weighted by Gasteiger charge is 2.21. The molecule has 1 N–H and O–H groups in total. The van der Waals surface area contributed by atoms with E-state index in [1.807, 2.05) is 61.5 Å². The number of hydrogen-bond acceptors (Lipinski definition) is 3. The minimum absolute atomic E-state index is 0.421. The fourth-order valence-corrected chi connectivity index (χ4v) is 2.80. The van der Waals surface area contributed by atoms with Crippen molar-refractivity contribution < 1.29 is 9.59 Å². The molecule has 0 bridgehead atoms. The lowest BCUT2D eigenvalue weighted by molar-refractivity contribution is -0.143. The van der Waals surface area contributed by atoms with Gasteiger partial charge in [-0.1, -0.05) is 30.3 Å². The molecule has 0 fully saturated rings. The zero-order valence-corrected chi connectivity index (χ0v) is 15.7. The van der Waals surface area contributed by atoms with Crippen LogP contribution in [0.4, 0.5) is 11.4 Å². The Hall–Kier alpha value is -2.82. The van der Waals surface area contributed by atoms with Crippen molar-refractivity contribution in [3.8, 4) is 0 Å². The molecular formula is C21H27N3O2. The number of benzene rings is 2. The Morgan fingerprint density at radius 3 is 2.00 bits per heavy atom. The quantitative estimate of drug-likeness (QED) is 0.775. The molecule has 0 saturated heterocycles. The maximum absolute atomic E-state index is 12.5. The molecule has 0 aliphatic rings. The second-order valence-electron chi connectivity index (χ2n) is 5.98. The van der Waals surface area contributed by atoms with Gasteiger partial charge in [-0.15, -0.1) is 0 Å². The molecule has 0 aromatic heterocycles. The zero-order chi connectivity index (χ0) is 18.9. The highest BCUT2D eigenvalue weighted by atomic mass is 16.2. The molecule has 2 aromatic rings. The number of anilines is 2. The molecule has 26 heavy (non-hydrogen) atoms. The largest absolute Gasteiger partial charge is 0.372 e. The molecule has 2 amide bonds. The SMILES string of the molecule is CCN(Cc1ccccc1)C(=O)C(=O)Nc1ccc(N(CC)CC)cc1. The van der Waals surface area contributed by atoms with Crippen LogP contribution in [0.15, 0.2) is 54.6 Å². The number of nitrogens with one attached hydrogen (secondary N) is 1. The van der Waals surface area contributed by atoms with Gasteiger partial charge in [0.2, 0.25) is 0 Å². The van der Waals surface area contributed by atoms with Crippen molar-refractivity contribution in [3.05, 3.63) is 60.2 Å². The molecule has 0 atom stereocenters. The fourth-order valence-electron chi connectivity index (χ4n) is 2.80. The number of hydrogen-bond donors (Lipinski definition) is 1. The third kappa shape index (κ3) is 5.09. The first-order valence-electron chi connectivity index (χ1n) is 9.08. The summed E-state index contributed by atoms with van der Waals surface area (Å²) in [7, 11) is 0. The van der Waals surface area contributed by atoms with Crippen LogP contribution in [-0.4, -0.2) is 36.3 Å². The monoisotopic (exact) mass is 353 g/mol. The minimum Gasteiger partial charge on any atom is -0.372 e. The van der Waals surface area contributed by atoms with Gasteiger partial charge in [0.25, 0.3) is 0 Å². The highest BCUT2D eigenvalue weighted by Crippen LogP contribution is 2.18. The van der Waals surface area contributed by atoms with Crippen LogP contribution in [0.2, 0.25) is 0 Å². The molecule has 0 spiro atoms. The predicted molar refractivity (Wildman–Crippen MR) is 106 cm³/mol. The second kappa shape index (κ2) is 9.61. The molecule has 0 heterocycles. The van der Waals surface area contributed by atoms with Crippen molar-refractivity contribution in [2.45, 2.75) is 27.3 Å². The molecule has 0 unspecified atom stereocenters. The lowest BCUT2D eigenvalue weighted by Crippen LogP contribution is -2.39. The van der Waals surface area contributed by atoms with Crippen LogP contribution < -0.4 is 10.2 Å². The van der Waals surface area contributed by atoms with Gasteiger partial charge in [-0.3, -0.25) is 9.59 Å². The van der Waals surface area contributed by atoms with Crippen LogP contribution in [0.5, 0.6) is 0 Å². The van der Waals surface area contributed by atoms with Crippen molar-refractivity contribution in [2.24, 2.45) is 0 Å². The number of nitrogens with zero attached hydrogens (tertiary/aromatic N) is 2. The molecule has 0 aliphatic carbocycles. The fraction of sp³-hybridized carbons (Fsp3) is 0.333. The van der Waals surface area contributed by atoms with E-state index < -0.39 is 11.8 Å². The maximum Gasteiger partial charge on any atom is 0.313 e. The van der Waals surface area contributed by atoms with Gasteiger partial charge < -0.3 is 15.1 Å². The molecule has 0 aliphatic heterocycles. The number of likely N-dealkylation sites (N-methyl/N-ethyl adjacent to an activating group) is 1. The third-order valence-electron chi connectivity index (χ3n) is 4.33. The minimum atomic E-state index is -0.613. The molecule has 5 heteroatoms. The van der Waals surface area contributed by atoms with Crippen LogP contribution in [0.1, 0.15) is 26.3 Å². The Labute approximate surface area is 155 Å². The summed E-state index contributed by atoms with van der Waals surface area (Å²) in [5, 5.41) is 2.70. The molecule has 2 rings (SSSR count). The van der Waals surface area contributed by atoms with Crippen LogP contribution in [0.3, 0.4) is 0 Å². The second-order valence-corrected chi connectivity index (χ2v) is 5.98. The summed E-state index contributed by atoms with van der Waals surface area (Å²) in [4.78, 5) is 28.5. The van der Waals surface area contributed by atoms with Crippen molar-refractivity contribution in [2.75, 3.05) is 29.9 Å². The summed E-state index contributed by atoms with van der Waals surface area (Å²) in [5.74, 6) is -1.14. The summed E-state index contributed by atoms with van der Waals surface area (Å²) >= 11 is 0. The van der Waals surface area contributed by atoms with Crippen LogP contribution in [0, 0.1) is 0 Å². The molecule has 138 valence electrons. The number of amides is 2. The van der Waals surface area contributed by atoms with Gasteiger partial charge in [0.15, 0.2) is 0 Å². The summed E-state index contributed by atoms with van der Waals surface area (Å²) in [6, 6.07) is 17.2. The lowest BCUT2D eigenvalue weighted by Gasteiger charge is -2.22. The average Bonchev–Trinajstić information content (AvgIpc) is 2.68.